The smallest absolute Gasteiger partial charge is 0.266 e. The zero-order chi connectivity index (χ0) is 14.4. The number of thiophene rings is 1. The third-order valence-corrected chi connectivity index (χ3v) is 4.72. The van der Waals surface area contributed by atoms with E-state index in [9.17, 15) is 10.1 Å². The van der Waals surface area contributed by atoms with Crippen LogP contribution in [0.2, 0.25) is 0 Å². The van der Waals surface area contributed by atoms with Gasteiger partial charge in [-0.05, 0) is 24.3 Å². The van der Waals surface area contributed by atoms with Gasteiger partial charge in [-0.15, -0.1) is 11.3 Å². The second-order valence-corrected chi connectivity index (χ2v) is 6.15. The average molecular weight is 292 g/mol. The number of carbonyl (C=O) groups excluding carboxylic acids is 1. The normalized spacial score (nSPS) is 18.4. The Morgan fingerprint density at radius 3 is 2.60 bits per heavy atom. The summed E-state index contributed by atoms with van der Waals surface area (Å²) in [5, 5.41) is 14.3. The van der Waals surface area contributed by atoms with Crippen LogP contribution in [0.15, 0.2) is 11.4 Å². The summed E-state index contributed by atoms with van der Waals surface area (Å²) in [5.41, 5.74) is -0.716. The van der Waals surface area contributed by atoms with Crippen LogP contribution in [0.5, 0.6) is 5.75 Å². The molecule has 1 aliphatic carbocycles. The first kappa shape index (κ1) is 14.9. The molecule has 2 rings (SSSR count). The number of nitriles is 1. The molecule has 0 atom stereocenters. The van der Waals surface area contributed by atoms with Crippen LogP contribution in [0.4, 0.5) is 0 Å². The summed E-state index contributed by atoms with van der Waals surface area (Å²) in [6.07, 6.45) is 6.98. The number of nitrogens with one attached hydrogen (secondary N) is 1. The molecule has 1 heterocycles. The van der Waals surface area contributed by atoms with E-state index >= 15 is 0 Å². The SMILES string of the molecule is COc1ccsc1C(=O)NC1(C#N)CCCCCCC1. The number of carbonyl (C=O) groups is 1. The highest BCUT2D eigenvalue weighted by Crippen LogP contribution is 2.29. The van der Waals surface area contributed by atoms with Crippen molar-refractivity contribution in [2.24, 2.45) is 0 Å². The molecule has 5 heteroatoms. The van der Waals surface area contributed by atoms with Crippen LogP contribution in [0.25, 0.3) is 0 Å². The lowest BCUT2D eigenvalue weighted by atomic mass is 9.85. The molecule has 0 saturated heterocycles. The molecule has 1 N–H and O–H groups in total. The first-order valence-electron chi connectivity index (χ1n) is 7.06. The molecule has 0 aromatic carbocycles. The molecule has 0 spiro atoms. The molecule has 0 aliphatic heterocycles. The zero-order valence-corrected chi connectivity index (χ0v) is 12.6. The number of rotatable bonds is 3. The summed E-state index contributed by atoms with van der Waals surface area (Å²) in [7, 11) is 1.55. The van der Waals surface area contributed by atoms with Crippen molar-refractivity contribution < 1.29 is 9.53 Å². The van der Waals surface area contributed by atoms with Crippen molar-refractivity contribution in [1.29, 1.82) is 5.26 Å². The first-order chi connectivity index (χ1) is 9.71. The average Bonchev–Trinajstić information content (AvgIpc) is 2.90. The van der Waals surface area contributed by atoms with Gasteiger partial charge in [-0.1, -0.05) is 32.1 Å². The summed E-state index contributed by atoms with van der Waals surface area (Å²) < 4.78 is 5.17. The maximum atomic E-state index is 12.4. The molecule has 0 unspecified atom stereocenters. The minimum absolute atomic E-state index is 0.195. The summed E-state index contributed by atoms with van der Waals surface area (Å²) >= 11 is 1.34. The highest BCUT2D eigenvalue weighted by molar-refractivity contribution is 7.12. The van der Waals surface area contributed by atoms with Gasteiger partial charge in [0.25, 0.3) is 5.91 Å². The highest BCUT2D eigenvalue weighted by Gasteiger charge is 2.33. The Bertz CT molecular complexity index is 496. The van der Waals surface area contributed by atoms with Crippen LogP contribution in [0, 0.1) is 11.3 Å². The number of ether oxygens (including phenoxy) is 1. The van der Waals surface area contributed by atoms with E-state index in [2.05, 4.69) is 11.4 Å². The number of amides is 1. The fourth-order valence-electron chi connectivity index (χ4n) is 2.67. The van der Waals surface area contributed by atoms with Crippen molar-refractivity contribution in [3.63, 3.8) is 0 Å². The summed E-state index contributed by atoms with van der Waals surface area (Å²) in [4.78, 5) is 12.9. The molecule has 1 saturated carbocycles. The first-order valence-corrected chi connectivity index (χ1v) is 7.94. The Kier molecular flexibility index (Phi) is 5.02. The van der Waals surface area contributed by atoms with Gasteiger partial charge in [0.2, 0.25) is 0 Å². The van der Waals surface area contributed by atoms with Gasteiger partial charge < -0.3 is 10.1 Å². The van der Waals surface area contributed by atoms with Crippen molar-refractivity contribution in [3.8, 4) is 11.8 Å². The van der Waals surface area contributed by atoms with E-state index in [1.807, 2.05) is 5.38 Å². The predicted molar refractivity (Wildman–Crippen MR) is 79.0 cm³/mol. The van der Waals surface area contributed by atoms with Crippen LogP contribution in [-0.2, 0) is 0 Å². The lowest BCUT2D eigenvalue weighted by Gasteiger charge is -2.29. The molecule has 1 amide bonds. The van der Waals surface area contributed by atoms with E-state index in [1.54, 1.807) is 13.2 Å². The molecule has 1 aliphatic rings. The standard InChI is InChI=1S/C15H20N2O2S/c1-19-12-7-10-20-13(12)14(18)17-15(11-16)8-5-3-2-4-6-9-15/h7,10H,2-6,8-9H2,1H3,(H,17,18). The minimum atomic E-state index is -0.716. The van der Waals surface area contributed by atoms with Gasteiger partial charge in [0.15, 0.2) is 0 Å². The van der Waals surface area contributed by atoms with Gasteiger partial charge >= 0.3 is 0 Å². The molecule has 4 nitrogen and oxygen atoms in total. The van der Waals surface area contributed by atoms with E-state index in [0.717, 1.165) is 38.5 Å². The van der Waals surface area contributed by atoms with Crippen LogP contribution < -0.4 is 10.1 Å². The molecule has 0 bridgehead atoms. The van der Waals surface area contributed by atoms with E-state index in [-0.39, 0.29) is 5.91 Å². The van der Waals surface area contributed by atoms with Gasteiger partial charge in [0.1, 0.15) is 16.2 Å². The lowest BCUT2D eigenvalue weighted by molar-refractivity contribution is 0.0909. The van der Waals surface area contributed by atoms with E-state index in [4.69, 9.17) is 4.74 Å². The van der Waals surface area contributed by atoms with Crippen LogP contribution in [0.1, 0.15) is 54.6 Å². The van der Waals surface area contributed by atoms with Crippen molar-refractivity contribution >= 4 is 17.2 Å². The molecule has 1 fully saturated rings. The number of nitrogens with zero attached hydrogens (tertiary/aromatic N) is 1. The van der Waals surface area contributed by atoms with Gasteiger partial charge in [-0.3, -0.25) is 4.79 Å². The van der Waals surface area contributed by atoms with Crippen molar-refractivity contribution in [3.05, 3.63) is 16.3 Å². The number of hydrogen-bond acceptors (Lipinski definition) is 4. The van der Waals surface area contributed by atoms with E-state index < -0.39 is 5.54 Å². The highest BCUT2D eigenvalue weighted by atomic mass is 32.1. The zero-order valence-electron chi connectivity index (χ0n) is 11.8. The van der Waals surface area contributed by atoms with Crippen LogP contribution >= 0.6 is 11.3 Å². The van der Waals surface area contributed by atoms with Gasteiger partial charge in [-0.25, -0.2) is 0 Å². The maximum absolute atomic E-state index is 12.4. The topological polar surface area (TPSA) is 62.1 Å². The maximum Gasteiger partial charge on any atom is 0.266 e. The molecule has 108 valence electrons. The molecular weight excluding hydrogens is 272 g/mol. The molecular formula is C15H20N2O2S. The molecule has 1 aromatic rings. The molecule has 20 heavy (non-hydrogen) atoms. The lowest BCUT2D eigenvalue weighted by Crippen LogP contribution is -2.47. The Morgan fingerprint density at radius 2 is 2.00 bits per heavy atom. The summed E-state index contributed by atoms with van der Waals surface area (Å²) in [6, 6.07) is 4.12. The number of methoxy groups -OCH3 is 1. The summed E-state index contributed by atoms with van der Waals surface area (Å²) in [6.45, 7) is 0. The van der Waals surface area contributed by atoms with Crippen LogP contribution in [0.3, 0.4) is 0 Å². The Morgan fingerprint density at radius 1 is 1.35 bits per heavy atom. The predicted octanol–water partition coefficient (Wildman–Crippen LogP) is 3.49. The Balaban J connectivity index is 2.12. The third kappa shape index (κ3) is 3.31. The Hall–Kier alpha value is -1.54. The fraction of sp³-hybridized carbons (Fsp3) is 0.600. The fourth-order valence-corrected chi connectivity index (χ4v) is 3.42. The Labute approximate surface area is 123 Å². The van der Waals surface area contributed by atoms with Crippen molar-refractivity contribution in [2.45, 2.75) is 50.5 Å². The second-order valence-electron chi connectivity index (χ2n) is 5.23. The van der Waals surface area contributed by atoms with Crippen LogP contribution in [-0.4, -0.2) is 18.6 Å². The van der Waals surface area contributed by atoms with Crippen molar-refractivity contribution in [1.82, 2.24) is 5.32 Å². The molecule has 0 radical (unpaired) electrons. The minimum Gasteiger partial charge on any atom is -0.495 e. The number of hydrogen-bond donors (Lipinski definition) is 1. The van der Waals surface area contributed by atoms with Gasteiger partial charge in [-0.2, -0.15) is 5.26 Å². The van der Waals surface area contributed by atoms with E-state index in [0.29, 0.717) is 10.6 Å². The summed E-state index contributed by atoms with van der Waals surface area (Å²) in [5.74, 6) is 0.380. The second kappa shape index (κ2) is 6.76. The quantitative estimate of drug-likeness (QED) is 0.927. The van der Waals surface area contributed by atoms with Crippen molar-refractivity contribution in [2.75, 3.05) is 7.11 Å². The van der Waals surface area contributed by atoms with Gasteiger partial charge in [0.05, 0.1) is 13.2 Å². The largest absolute Gasteiger partial charge is 0.495 e. The third-order valence-electron chi connectivity index (χ3n) is 3.83. The van der Waals surface area contributed by atoms with E-state index in [1.165, 1.54) is 17.8 Å². The monoisotopic (exact) mass is 292 g/mol. The van der Waals surface area contributed by atoms with Gasteiger partial charge in [0, 0.05) is 0 Å². The molecule has 1 aromatic heterocycles.